The van der Waals surface area contributed by atoms with E-state index in [1.54, 1.807) is 0 Å². The molecule has 2 aliphatic carbocycles. The van der Waals surface area contributed by atoms with Gasteiger partial charge in [-0.05, 0) is 69.6 Å². The van der Waals surface area contributed by atoms with E-state index in [-0.39, 0.29) is 24.0 Å². The summed E-state index contributed by atoms with van der Waals surface area (Å²) in [6, 6.07) is 0. The average Bonchev–Trinajstić information content (AvgIpc) is 2.71. The van der Waals surface area contributed by atoms with Crippen LogP contribution in [0.3, 0.4) is 0 Å². The van der Waals surface area contributed by atoms with Crippen LogP contribution in [0, 0.1) is 17.8 Å². The summed E-state index contributed by atoms with van der Waals surface area (Å²) in [6.07, 6.45) is 15.7. The lowest BCUT2D eigenvalue weighted by Crippen LogP contribution is -2.31. The van der Waals surface area contributed by atoms with E-state index in [1.807, 2.05) is 0 Å². The van der Waals surface area contributed by atoms with E-state index in [4.69, 9.17) is 9.47 Å². The molecule has 2 aliphatic rings. The summed E-state index contributed by atoms with van der Waals surface area (Å²) in [7, 11) is 0. The summed E-state index contributed by atoms with van der Waals surface area (Å²) in [5.74, 6) is 1.28. The van der Waals surface area contributed by atoms with Crippen LogP contribution in [0.5, 0.6) is 0 Å². The third kappa shape index (κ3) is 7.67. The van der Waals surface area contributed by atoms with Crippen molar-refractivity contribution in [3.05, 3.63) is 12.7 Å². The first-order valence-electron chi connectivity index (χ1n) is 11.1. The topological polar surface area (TPSA) is 52.6 Å². The van der Waals surface area contributed by atoms with Gasteiger partial charge in [0.25, 0.3) is 0 Å². The first-order chi connectivity index (χ1) is 13.1. The Hall–Kier alpha value is -1.32. The summed E-state index contributed by atoms with van der Waals surface area (Å²) in [6.45, 7) is 6.26. The Morgan fingerprint density at radius 2 is 1.48 bits per heavy atom. The van der Waals surface area contributed by atoms with Crippen LogP contribution in [0.1, 0.15) is 90.4 Å². The smallest absolute Gasteiger partial charge is 0.330 e. The zero-order chi connectivity index (χ0) is 19.5. The minimum atomic E-state index is -0.303. The van der Waals surface area contributed by atoms with Crippen LogP contribution < -0.4 is 0 Å². The van der Waals surface area contributed by atoms with Gasteiger partial charge in [0.15, 0.2) is 0 Å². The number of unbranched alkanes of at least 4 members (excludes halogenated alkanes) is 4. The van der Waals surface area contributed by atoms with Crippen molar-refractivity contribution in [2.24, 2.45) is 17.8 Å². The highest BCUT2D eigenvalue weighted by molar-refractivity contribution is 5.81. The second kappa shape index (κ2) is 12.2. The maximum Gasteiger partial charge on any atom is 0.330 e. The fourth-order valence-corrected chi connectivity index (χ4v) is 4.71. The predicted molar refractivity (Wildman–Crippen MR) is 107 cm³/mol. The molecule has 0 aromatic carbocycles. The first-order valence-corrected chi connectivity index (χ1v) is 11.1. The molecule has 0 amide bonds. The van der Waals surface area contributed by atoms with Gasteiger partial charge in [0.2, 0.25) is 0 Å². The van der Waals surface area contributed by atoms with Gasteiger partial charge in [-0.3, -0.25) is 4.79 Å². The van der Waals surface area contributed by atoms with E-state index < -0.39 is 0 Å². The SMILES string of the molecule is C=CC(=O)OC1CCC(C2CCC(C(=O)OCCCCCCC)CC2)CC1. The zero-order valence-corrected chi connectivity index (χ0v) is 17.1. The van der Waals surface area contributed by atoms with Gasteiger partial charge in [-0.2, -0.15) is 0 Å². The van der Waals surface area contributed by atoms with Gasteiger partial charge >= 0.3 is 11.9 Å². The van der Waals surface area contributed by atoms with Gasteiger partial charge in [0.1, 0.15) is 6.10 Å². The van der Waals surface area contributed by atoms with Gasteiger partial charge in [-0.1, -0.05) is 39.2 Å². The highest BCUT2D eigenvalue weighted by Gasteiger charge is 2.34. The van der Waals surface area contributed by atoms with E-state index >= 15 is 0 Å². The van der Waals surface area contributed by atoms with Crippen molar-refractivity contribution in [2.75, 3.05) is 6.61 Å². The summed E-state index contributed by atoms with van der Waals surface area (Å²) in [5.41, 5.74) is 0. The number of hydrogen-bond acceptors (Lipinski definition) is 4. The average molecular weight is 379 g/mol. The minimum Gasteiger partial charge on any atom is -0.465 e. The number of ether oxygens (including phenoxy) is 2. The molecule has 2 rings (SSSR count). The molecule has 0 N–H and O–H groups in total. The van der Waals surface area contributed by atoms with Crippen LogP contribution in [0.2, 0.25) is 0 Å². The number of esters is 2. The minimum absolute atomic E-state index is 0.0315. The lowest BCUT2D eigenvalue weighted by Gasteiger charge is -2.37. The fraction of sp³-hybridized carbons (Fsp3) is 0.826. The first kappa shape index (κ1) is 22.0. The van der Waals surface area contributed by atoms with Crippen molar-refractivity contribution in [3.8, 4) is 0 Å². The molecule has 0 bridgehead atoms. The molecule has 154 valence electrons. The fourth-order valence-electron chi connectivity index (χ4n) is 4.71. The van der Waals surface area contributed by atoms with Crippen LogP contribution in [0.25, 0.3) is 0 Å². The number of hydrogen-bond donors (Lipinski definition) is 0. The molecule has 0 aromatic heterocycles. The predicted octanol–water partition coefficient (Wildman–Crippen LogP) is 5.59. The molecule has 0 spiro atoms. The van der Waals surface area contributed by atoms with E-state index in [2.05, 4.69) is 13.5 Å². The second-order valence-electron chi connectivity index (χ2n) is 8.37. The van der Waals surface area contributed by atoms with Crippen molar-refractivity contribution in [1.82, 2.24) is 0 Å². The van der Waals surface area contributed by atoms with Crippen molar-refractivity contribution < 1.29 is 19.1 Å². The molecule has 0 radical (unpaired) electrons. The number of rotatable bonds is 10. The maximum atomic E-state index is 12.3. The van der Waals surface area contributed by atoms with Crippen LogP contribution in [0.4, 0.5) is 0 Å². The molecular formula is C23H38O4. The molecule has 4 nitrogen and oxygen atoms in total. The molecule has 0 aliphatic heterocycles. The van der Waals surface area contributed by atoms with Gasteiger partial charge < -0.3 is 9.47 Å². The molecule has 0 atom stereocenters. The third-order valence-corrected chi connectivity index (χ3v) is 6.43. The quantitative estimate of drug-likeness (QED) is 0.282. The Labute approximate surface area is 165 Å². The standard InChI is InChI=1S/C23H38O4/c1-3-5-6-7-8-17-26-23(25)20-11-9-18(10-12-20)19-13-15-21(16-14-19)27-22(24)4-2/h4,18-21H,2-3,5-17H2,1H3. The highest BCUT2D eigenvalue weighted by Crippen LogP contribution is 2.40. The second-order valence-corrected chi connectivity index (χ2v) is 8.37. The molecule has 0 heterocycles. The van der Waals surface area contributed by atoms with Crippen molar-refractivity contribution in [2.45, 2.75) is 96.5 Å². The van der Waals surface area contributed by atoms with Gasteiger partial charge in [-0.15, -0.1) is 0 Å². The summed E-state index contributed by atoms with van der Waals surface area (Å²) in [5, 5.41) is 0. The molecular weight excluding hydrogens is 340 g/mol. The van der Waals surface area contributed by atoms with Gasteiger partial charge in [0.05, 0.1) is 12.5 Å². The van der Waals surface area contributed by atoms with Crippen molar-refractivity contribution in [3.63, 3.8) is 0 Å². The van der Waals surface area contributed by atoms with Crippen LogP contribution in [0.15, 0.2) is 12.7 Å². The normalized spacial score (nSPS) is 28.3. The van der Waals surface area contributed by atoms with Gasteiger partial charge in [0, 0.05) is 6.08 Å². The Morgan fingerprint density at radius 1 is 0.889 bits per heavy atom. The maximum absolute atomic E-state index is 12.3. The molecule has 27 heavy (non-hydrogen) atoms. The summed E-state index contributed by atoms with van der Waals surface area (Å²) in [4.78, 5) is 23.6. The largest absolute Gasteiger partial charge is 0.465 e. The molecule has 2 fully saturated rings. The monoisotopic (exact) mass is 378 g/mol. The van der Waals surface area contributed by atoms with Crippen LogP contribution >= 0.6 is 0 Å². The number of carbonyl (C=O) groups excluding carboxylic acids is 2. The van der Waals surface area contributed by atoms with Crippen LogP contribution in [-0.4, -0.2) is 24.6 Å². The summed E-state index contributed by atoms with van der Waals surface area (Å²) < 4.78 is 10.9. The zero-order valence-electron chi connectivity index (χ0n) is 17.1. The molecule has 2 saturated carbocycles. The third-order valence-electron chi connectivity index (χ3n) is 6.43. The summed E-state index contributed by atoms with van der Waals surface area (Å²) >= 11 is 0. The molecule has 0 unspecified atom stereocenters. The van der Waals surface area contributed by atoms with E-state index in [0.29, 0.717) is 6.61 Å². The Kier molecular flexibility index (Phi) is 9.93. The molecule has 0 saturated heterocycles. The molecule has 0 aromatic rings. The Morgan fingerprint density at radius 3 is 2.07 bits per heavy atom. The van der Waals surface area contributed by atoms with Crippen molar-refractivity contribution in [1.29, 1.82) is 0 Å². The Balaban J connectivity index is 1.59. The highest BCUT2D eigenvalue weighted by atomic mass is 16.5. The Bertz CT molecular complexity index is 457. The van der Waals surface area contributed by atoms with Gasteiger partial charge in [-0.25, -0.2) is 4.79 Å². The lowest BCUT2D eigenvalue weighted by molar-refractivity contribution is -0.150. The van der Waals surface area contributed by atoms with E-state index in [9.17, 15) is 9.59 Å². The molecule has 4 heteroatoms. The van der Waals surface area contributed by atoms with E-state index in [1.165, 1.54) is 31.8 Å². The van der Waals surface area contributed by atoms with E-state index in [0.717, 1.165) is 69.6 Å². The number of carbonyl (C=O) groups is 2. The van der Waals surface area contributed by atoms with Crippen LogP contribution in [-0.2, 0) is 19.1 Å². The van der Waals surface area contributed by atoms with Crippen molar-refractivity contribution >= 4 is 11.9 Å². The lowest BCUT2D eigenvalue weighted by atomic mass is 9.70.